The molecule has 0 unspecified atom stereocenters. The van der Waals surface area contributed by atoms with E-state index in [2.05, 4.69) is 43.4 Å². The van der Waals surface area contributed by atoms with Crippen molar-refractivity contribution in [1.82, 2.24) is 5.43 Å². The summed E-state index contributed by atoms with van der Waals surface area (Å²) in [5, 5.41) is 12.7. The van der Waals surface area contributed by atoms with Gasteiger partial charge in [0.25, 0.3) is 0 Å². The second-order valence-corrected chi connectivity index (χ2v) is 6.34. The van der Waals surface area contributed by atoms with Crippen LogP contribution in [-0.2, 0) is 5.41 Å². The normalized spacial score (nSPS) is 11.7. The van der Waals surface area contributed by atoms with Crippen LogP contribution in [0.3, 0.4) is 0 Å². The third kappa shape index (κ3) is 5.42. The summed E-state index contributed by atoms with van der Waals surface area (Å²) in [4.78, 5) is 0. The molecule has 2 N–H and O–H groups in total. The first kappa shape index (κ1) is 17.0. The molecule has 4 heteroatoms. The molecule has 122 valence electrons. The van der Waals surface area contributed by atoms with Gasteiger partial charge >= 0.3 is 0 Å². The molecule has 0 amide bonds. The van der Waals surface area contributed by atoms with Crippen LogP contribution in [0.1, 0.15) is 31.9 Å². The number of nitrogens with one attached hydrogen (secondary N) is 1. The second kappa shape index (κ2) is 7.79. The van der Waals surface area contributed by atoms with Crippen molar-refractivity contribution in [3.63, 3.8) is 0 Å². The minimum Gasteiger partial charge on any atom is -0.457 e. The lowest BCUT2D eigenvalue weighted by Crippen LogP contribution is -2.11. The zero-order valence-corrected chi connectivity index (χ0v) is 13.9. The van der Waals surface area contributed by atoms with Crippen molar-refractivity contribution in [3.05, 3.63) is 59.7 Å². The summed E-state index contributed by atoms with van der Waals surface area (Å²) in [7, 11) is 0. The number of nitrogens with zero attached hydrogens (tertiary/aromatic N) is 1. The summed E-state index contributed by atoms with van der Waals surface area (Å²) in [6.45, 7) is 7.09. The molecule has 0 saturated heterocycles. The van der Waals surface area contributed by atoms with Crippen LogP contribution in [0.15, 0.2) is 53.6 Å². The molecule has 0 atom stereocenters. The zero-order valence-electron chi connectivity index (χ0n) is 13.9. The van der Waals surface area contributed by atoms with Crippen molar-refractivity contribution in [2.75, 3.05) is 13.2 Å². The molecule has 23 heavy (non-hydrogen) atoms. The molecular formula is C19H24N2O2. The van der Waals surface area contributed by atoms with Gasteiger partial charge in [0.1, 0.15) is 11.5 Å². The smallest absolute Gasteiger partial charge is 0.127 e. The Hall–Kier alpha value is -2.33. The molecule has 0 saturated carbocycles. The fourth-order valence-corrected chi connectivity index (χ4v) is 2.02. The van der Waals surface area contributed by atoms with Gasteiger partial charge in [-0.25, -0.2) is 0 Å². The van der Waals surface area contributed by atoms with Crippen molar-refractivity contribution in [2.45, 2.75) is 26.2 Å². The Labute approximate surface area is 137 Å². The van der Waals surface area contributed by atoms with Gasteiger partial charge < -0.3 is 15.3 Å². The average Bonchev–Trinajstić information content (AvgIpc) is 2.53. The van der Waals surface area contributed by atoms with E-state index in [0.29, 0.717) is 6.54 Å². The van der Waals surface area contributed by atoms with Crippen molar-refractivity contribution < 1.29 is 9.84 Å². The van der Waals surface area contributed by atoms with Crippen LogP contribution >= 0.6 is 0 Å². The van der Waals surface area contributed by atoms with E-state index >= 15 is 0 Å². The number of hydrogen-bond donors (Lipinski definition) is 2. The molecule has 2 aromatic rings. The molecule has 0 aromatic heterocycles. The van der Waals surface area contributed by atoms with E-state index in [1.165, 1.54) is 5.56 Å². The number of rotatable bonds is 6. The van der Waals surface area contributed by atoms with Crippen LogP contribution in [0.4, 0.5) is 0 Å². The molecule has 0 radical (unpaired) electrons. The fourth-order valence-electron chi connectivity index (χ4n) is 2.02. The lowest BCUT2D eigenvalue weighted by atomic mass is 9.87. The molecule has 0 bridgehead atoms. The molecular weight excluding hydrogens is 288 g/mol. The summed E-state index contributed by atoms with van der Waals surface area (Å²) >= 11 is 0. The minimum atomic E-state index is 0.0676. The first-order valence-electron chi connectivity index (χ1n) is 7.74. The molecule has 4 nitrogen and oxygen atoms in total. The molecule has 0 fully saturated rings. The highest BCUT2D eigenvalue weighted by Gasteiger charge is 2.13. The van der Waals surface area contributed by atoms with Crippen molar-refractivity contribution >= 4 is 6.21 Å². The van der Waals surface area contributed by atoms with E-state index in [-0.39, 0.29) is 12.0 Å². The van der Waals surface area contributed by atoms with Crippen LogP contribution in [0.25, 0.3) is 0 Å². The lowest BCUT2D eigenvalue weighted by Gasteiger charge is -2.19. The van der Waals surface area contributed by atoms with E-state index < -0.39 is 0 Å². The van der Waals surface area contributed by atoms with Crippen LogP contribution in [-0.4, -0.2) is 24.5 Å². The van der Waals surface area contributed by atoms with Crippen LogP contribution < -0.4 is 10.2 Å². The van der Waals surface area contributed by atoms with Gasteiger partial charge in [0.15, 0.2) is 0 Å². The SMILES string of the molecule is CC(C)(C)c1ccc(Oc2ccc(C=NNCCO)cc2)cc1. The molecule has 0 aliphatic carbocycles. The third-order valence-corrected chi connectivity index (χ3v) is 3.36. The highest BCUT2D eigenvalue weighted by molar-refractivity contribution is 5.79. The summed E-state index contributed by atoms with van der Waals surface area (Å²) in [5.41, 5.74) is 5.13. The molecule has 2 rings (SSSR count). The van der Waals surface area contributed by atoms with Crippen molar-refractivity contribution in [2.24, 2.45) is 5.10 Å². The number of hydrazone groups is 1. The van der Waals surface area contributed by atoms with Crippen molar-refractivity contribution in [1.29, 1.82) is 0 Å². The van der Waals surface area contributed by atoms with Gasteiger partial charge in [-0.2, -0.15) is 5.10 Å². The maximum atomic E-state index is 8.65. The maximum absolute atomic E-state index is 8.65. The summed E-state index contributed by atoms with van der Waals surface area (Å²) in [6, 6.07) is 15.9. The number of benzene rings is 2. The standard InChI is InChI=1S/C19H24N2O2/c1-19(2,3)16-6-10-18(11-7-16)23-17-8-4-15(5-9-17)14-21-20-12-13-22/h4-11,14,20,22H,12-13H2,1-3H3. The molecule has 2 aromatic carbocycles. The minimum absolute atomic E-state index is 0.0676. The Morgan fingerprint density at radius 3 is 2.09 bits per heavy atom. The Bertz CT molecular complexity index is 626. The van der Waals surface area contributed by atoms with E-state index in [9.17, 15) is 0 Å². The Balaban J connectivity index is 1.97. The maximum Gasteiger partial charge on any atom is 0.127 e. The zero-order chi connectivity index (χ0) is 16.7. The molecule has 0 aliphatic heterocycles. The van der Waals surface area contributed by atoms with Crippen LogP contribution in [0.5, 0.6) is 11.5 Å². The summed E-state index contributed by atoms with van der Waals surface area (Å²) in [5.74, 6) is 1.61. The topological polar surface area (TPSA) is 53.8 Å². The Kier molecular flexibility index (Phi) is 5.77. The molecule has 0 aliphatic rings. The van der Waals surface area contributed by atoms with E-state index in [1.807, 2.05) is 36.4 Å². The lowest BCUT2D eigenvalue weighted by molar-refractivity contribution is 0.294. The predicted octanol–water partition coefficient (Wildman–Crippen LogP) is 3.69. The third-order valence-electron chi connectivity index (χ3n) is 3.36. The average molecular weight is 312 g/mol. The van der Waals surface area contributed by atoms with Gasteiger partial charge in [-0.15, -0.1) is 0 Å². The van der Waals surface area contributed by atoms with Gasteiger partial charge in [0, 0.05) is 0 Å². The molecule has 0 heterocycles. The van der Waals surface area contributed by atoms with Gasteiger partial charge in [-0.3, -0.25) is 0 Å². The van der Waals surface area contributed by atoms with Gasteiger partial charge in [0.2, 0.25) is 0 Å². The van der Waals surface area contributed by atoms with Gasteiger partial charge in [0.05, 0.1) is 19.4 Å². The van der Waals surface area contributed by atoms with Crippen LogP contribution in [0, 0.1) is 0 Å². The second-order valence-electron chi connectivity index (χ2n) is 6.34. The monoisotopic (exact) mass is 312 g/mol. The van der Waals surface area contributed by atoms with Crippen molar-refractivity contribution in [3.8, 4) is 11.5 Å². The highest BCUT2D eigenvalue weighted by Crippen LogP contribution is 2.26. The van der Waals surface area contributed by atoms with E-state index in [1.54, 1.807) is 6.21 Å². The molecule has 0 spiro atoms. The first-order valence-corrected chi connectivity index (χ1v) is 7.74. The number of aliphatic hydroxyl groups excluding tert-OH is 1. The van der Waals surface area contributed by atoms with Gasteiger partial charge in [-0.05, 0) is 52.9 Å². The summed E-state index contributed by atoms with van der Waals surface area (Å²) in [6.07, 6.45) is 1.71. The Morgan fingerprint density at radius 1 is 1.00 bits per heavy atom. The Morgan fingerprint density at radius 2 is 1.57 bits per heavy atom. The quantitative estimate of drug-likeness (QED) is 0.486. The summed E-state index contributed by atoms with van der Waals surface area (Å²) < 4.78 is 5.85. The predicted molar refractivity (Wildman–Crippen MR) is 94.3 cm³/mol. The van der Waals surface area contributed by atoms with E-state index in [0.717, 1.165) is 17.1 Å². The van der Waals surface area contributed by atoms with E-state index in [4.69, 9.17) is 9.84 Å². The van der Waals surface area contributed by atoms with Gasteiger partial charge in [-0.1, -0.05) is 32.9 Å². The number of hydrogen-bond acceptors (Lipinski definition) is 4. The fraction of sp³-hybridized carbons (Fsp3) is 0.316. The largest absolute Gasteiger partial charge is 0.457 e. The van der Waals surface area contributed by atoms with Crippen LogP contribution in [0.2, 0.25) is 0 Å². The number of aliphatic hydroxyl groups is 1. The number of ether oxygens (including phenoxy) is 1. The first-order chi connectivity index (χ1) is 11.0. The highest BCUT2D eigenvalue weighted by atomic mass is 16.5.